The van der Waals surface area contributed by atoms with Crippen molar-refractivity contribution in [3.05, 3.63) is 47.2 Å². The van der Waals surface area contributed by atoms with E-state index in [1.54, 1.807) is 18.2 Å². The molecule has 0 aliphatic rings. The third-order valence-corrected chi connectivity index (χ3v) is 2.52. The lowest BCUT2D eigenvalue weighted by Crippen LogP contribution is -1.89. The third kappa shape index (κ3) is 2.50. The first-order chi connectivity index (χ1) is 8.22. The Morgan fingerprint density at radius 2 is 2.06 bits per heavy atom. The van der Waals surface area contributed by atoms with E-state index in [1.165, 1.54) is 6.07 Å². The summed E-state index contributed by atoms with van der Waals surface area (Å²) in [4.78, 5) is 14.7. The van der Waals surface area contributed by atoms with Crippen molar-refractivity contribution in [2.75, 3.05) is 0 Å². The van der Waals surface area contributed by atoms with Crippen LogP contribution in [0.25, 0.3) is 11.3 Å². The van der Waals surface area contributed by atoms with Crippen molar-refractivity contribution in [1.29, 1.82) is 0 Å². The normalized spacial score (nSPS) is 9.71. The summed E-state index contributed by atoms with van der Waals surface area (Å²) in [5, 5.41) is 2.55. The van der Waals surface area contributed by atoms with Gasteiger partial charge in [-0.05, 0) is 36.5 Å². The van der Waals surface area contributed by atoms with Crippen molar-refractivity contribution in [3.8, 4) is 11.3 Å². The number of carbonyl (C=O) groups excluding carboxylic acids is 1. The molecule has 0 radical (unpaired) electrons. The van der Waals surface area contributed by atoms with Gasteiger partial charge in [0, 0.05) is 5.56 Å². The van der Waals surface area contributed by atoms with Crippen LogP contribution in [0.1, 0.15) is 10.6 Å². The molecule has 0 spiro atoms. The zero-order chi connectivity index (χ0) is 12.3. The summed E-state index contributed by atoms with van der Waals surface area (Å²) in [5.74, 6) is 0.0640. The molecule has 0 fully saturated rings. The van der Waals surface area contributed by atoms with E-state index < -0.39 is 5.91 Å². The number of benzene rings is 1. The molecule has 1 aromatic heterocycles. The fourth-order valence-corrected chi connectivity index (χ4v) is 1.67. The fraction of sp³-hybridized carbons (Fsp3) is 0. The molecule has 5 heteroatoms. The van der Waals surface area contributed by atoms with E-state index >= 15 is 0 Å². The lowest BCUT2D eigenvalue weighted by molar-refractivity contribution is 0.0978. The summed E-state index contributed by atoms with van der Waals surface area (Å²) in [6.45, 7) is 0. The highest BCUT2D eigenvalue weighted by molar-refractivity contribution is 7.78. The van der Waals surface area contributed by atoms with E-state index in [4.69, 9.17) is 16.0 Å². The van der Waals surface area contributed by atoms with Gasteiger partial charge >= 0.3 is 5.91 Å². The summed E-state index contributed by atoms with van der Waals surface area (Å²) >= 11 is 10.4. The highest BCUT2D eigenvalue weighted by Crippen LogP contribution is 2.29. The van der Waals surface area contributed by atoms with Crippen LogP contribution in [-0.2, 0) is 0 Å². The Balaban J connectivity index is 2.40. The first kappa shape index (κ1) is 11.7. The van der Waals surface area contributed by atoms with Gasteiger partial charge in [-0.25, -0.2) is 0 Å². The van der Waals surface area contributed by atoms with Crippen molar-refractivity contribution in [3.63, 3.8) is 0 Å². The molecular weight excluding hydrogens is 258 g/mol. The maximum absolute atomic E-state index is 11.4. The average molecular weight is 264 g/mol. The standard InChI is InChI=1S/C12H6ClNO2S/c13-9-4-2-1-3-8(9)10-5-6-11(16-10)12(15)14-7-17/h1-6H. The van der Waals surface area contributed by atoms with Crippen LogP contribution in [-0.4, -0.2) is 11.1 Å². The highest BCUT2D eigenvalue weighted by Gasteiger charge is 2.12. The second kappa shape index (κ2) is 5.06. The monoisotopic (exact) mass is 263 g/mol. The van der Waals surface area contributed by atoms with Gasteiger partial charge in [0.05, 0.1) is 10.2 Å². The van der Waals surface area contributed by atoms with Crippen LogP contribution < -0.4 is 0 Å². The Morgan fingerprint density at radius 1 is 1.29 bits per heavy atom. The smallest absolute Gasteiger partial charge is 0.321 e. The van der Waals surface area contributed by atoms with Gasteiger partial charge in [-0.15, -0.1) is 4.99 Å². The Labute approximate surface area is 108 Å². The minimum absolute atomic E-state index is 0.109. The Bertz CT molecular complexity index is 614. The summed E-state index contributed by atoms with van der Waals surface area (Å²) in [6, 6.07) is 10.4. The lowest BCUT2D eigenvalue weighted by atomic mass is 10.2. The van der Waals surface area contributed by atoms with Crippen LogP contribution in [0, 0.1) is 0 Å². The van der Waals surface area contributed by atoms with Gasteiger partial charge in [-0.2, -0.15) is 0 Å². The Hall–Kier alpha value is -1.74. The molecule has 0 aliphatic carbocycles. The largest absolute Gasteiger partial charge is 0.451 e. The topological polar surface area (TPSA) is 42.6 Å². The van der Waals surface area contributed by atoms with Gasteiger partial charge < -0.3 is 4.42 Å². The Kier molecular flexibility index (Phi) is 3.49. The molecule has 0 aliphatic heterocycles. The summed E-state index contributed by atoms with van der Waals surface area (Å²) in [7, 11) is 0. The van der Waals surface area contributed by atoms with Crippen molar-refractivity contribution in [1.82, 2.24) is 0 Å². The van der Waals surface area contributed by atoms with E-state index in [-0.39, 0.29) is 5.76 Å². The van der Waals surface area contributed by atoms with Crippen LogP contribution in [0.3, 0.4) is 0 Å². The van der Waals surface area contributed by atoms with E-state index in [1.807, 2.05) is 17.3 Å². The maximum Gasteiger partial charge on any atom is 0.321 e. The minimum Gasteiger partial charge on any atom is -0.451 e. The van der Waals surface area contributed by atoms with Crippen LogP contribution in [0.15, 0.2) is 45.8 Å². The van der Waals surface area contributed by atoms with Crippen LogP contribution in [0.5, 0.6) is 0 Å². The van der Waals surface area contributed by atoms with Gasteiger partial charge in [0.2, 0.25) is 0 Å². The summed E-state index contributed by atoms with van der Waals surface area (Å²) < 4.78 is 5.35. The quantitative estimate of drug-likeness (QED) is 0.611. The molecule has 0 N–H and O–H groups in total. The first-order valence-electron chi connectivity index (χ1n) is 4.69. The zero-order valence-corrected chi connectivity index (χ0v) is 10.1. The van der Waals surface area contributed by atoms with Crippen molar-refractivity contribution < 1.29 is 9.21 Å². The predicted molar refractivity (Wildman–Crippen MR) is 68.5 cm³/mol. The number of isothiocyanates is 1. The highest BCUT2D eigenvalue weighted by atomic mass is 35.5. The van der Waals surface area contributed by atoms with Crippen molar-refractivity contribution >= 4 is 34.9 Å². The first-order valence-corrected chi connectivity index (χ1v) is 5.48. The molecular formula is C12H6ClNO2S. The number of hydrogen-bond acceptors (Lipinski definition) is 3. The second-order valence-corrected chi connectivity index (χ2v) is 3.74. The van der Waals surface area contributed by atoms with Crippen molar-refractivity contribution in [2.45, 2.75) is 0 Å². The summed E-state index contributed by atoms with van der Waals surface area (Å²) in [6.07, 6.45) is 0. The zero-order valence-electron chi connectivity index (χ0n) is 8.51. The van der Waals surface area contributed by atoms with Gasteiger partial charge in [0.25, 0.3) is 0 Å². The molecule has 0 atom stereocenters. The number of carbonyl (C=O) groups is 1. The molecule has 17 heavy (non-hydrogen) atoms. The number of halogens is 1. The van der Waals surface area contributed by atoms with Crippen LogP contribution >= 0.6 is 23.8 Å². The molecule has 3 nitrogen and oxygen atoms in total. The minimum atomic E-state index is -0.557. The van der Waals surface area contributed by atoms with Crippen LogP contribution in [0.2, 0.25) is 5.02 Å². The molecule has 0 bridgehead atoms. The number of aliphatic imine (C=N–C) groups is 1. The van der Waals surface area contributed by atoms with E-state index in [0.29, 0.717) is 10.8 Å². The number of amides is 1. The van der Waals surface area contributed by atoms with Crippen molar-refractivity contribution in [2.24, 2.45) is 4.99 Å². The molecule has 1 amide bonds. The third-order valence-electron chi connectivity index (χ3n) is 2.10. The summed E-state index contributed by atoms with van der Waals surface area (Å²) in [5.41, 5.74) is 0.722. The van der Waals surface area contributed by atoms with Crippen LogP contribution in [0.4, 0.5) is 0 Å². The molecule has 2 aromatic rings. The molecule has 0 saturated carbocycles. The number of nitrogens with zero attached hydrogens (tertiary/aromatic N) is 1. The number of hydrogen-bond donors (Lipinski definition) is 0. The van der Waals surface area contributed by atoms with Gasteiger partial charge in [-0.3, -0.25) is 4.79 Å². The van der Waals surface area contributed by atoms with Gasteiger partial charge in [0.1, 0.15) is 5.76 Å². The number of thiocarbonyl (C=S) groups is 1. The number of rotatable bonds is 2. The molecule has 84 valence electrons. The van der Waals surface area contributed by atoms with E-state index in [9.17, 15) is 4.79 Å². The molecule has 2 rings (SSSR count). The molecule has 1 heterocycles. The van der Waals surface area contributed by atoms with E-state index in [2.05, 4.69) is 17.2 Å². The Morgan fingerprint density at radius 3 is 2.76 bits per heavy atom. The van der Waals surface area contributed by atoms with E-state index in [0.717, 1.165) is 5.56 Å². The number of furan rings is 1. The lowest BCUT2D eigenvalue weighted by Gasteiger charge is -1.98. The molecule has 0 saturated heterocycles. The SMILES string of the molecule is O=C(N=C=S)c1ccc(-c2ccccc2Cl)o1. The average Bonchev–Trinajstić information content (AvgIpc) is 2.79. The predicted octanol–water partition coefficient (Wildman–Crippen LogP) is 3.84. The van der Waals surface area contributed by atoms with Gasteiger partial charge in [0.15, 0.2) is 5.76 Å². The maximum atomic E-state index is 11.4. The fourth-order valence-electron chi connectivity index (χ4n) is 1.36. The molecule has 0 unspecified atom stereocenters. The second-order valence-electron chi connectivity index (χ2n) is 3.15. The molecule has 1 aromatic carbocycles. The van der Waals surface area contributed by atoms with Gasteiger partial charge in [-0.1, -0.05) is 23.7 Å².